The van der Waals surface area contributed by atoms with Gasteiger partial charge in [-0.2, -0.15) is 6.41 Å². The number of amides is 1. The van der Waals surface area contributed by atoms with Gasteiger partial charge in [-0.05, 0) is 19.4 Å². The van der Waals surface area contributed by atoms with E-state index >= 15 is 0 Å². The number of nitrogens with zero attached hydrogens (tertiary/aromatic N) is 1. The van der Waals surface area contributed by atoms with Gasteiger partial charge in [0.15, 0.2) is 0 Å². The van der Waals surface area contributed by atoms with Crippen LogP contribution in [0.1, 0.15) is 12.8 Å². The van der Waals surface area contributed by atoms with Crippen LogP contribution in [-0.4, -0.2) is 29.7 Å². The van der Waals surface area contributed by atoms with Gasteiger partial charge in [0.2, 0.25) is 0 Å². The third-order valence-corrected chi connectivity index (χ3v) is 1.73. The molecule has 1 fully saturated rings. The molecule has 0 spiro atoms. The van der Waals surface area contributed by atoms with E-state index in [4.69, 9.17) is 11.1 Å². The average molecular weight is 206 g/mol. The van der Waals surface area contributed by atoms with E-state index in [1.54, 1.807) is 6.41 Å². The van der Waals surface area contributed by atoms with Crippen molar-refractivity contribution < 1.29 is 23.4 Å². The van der Waals surface area contributed by atoms with Gasteiger partial charge in [-0.1, -0.05) is 0 Å². The first-order valence-corrected chi connectivity index (χ1v) is 3.24. The fourth-order valence-electron chi connectivity index (χ4n) is 1.20. The number of hydrogen-bond acceptors (Lipinski definition) is 2. The number of likely N-dealkylation sites (tertiary alicyclic amines) is 1. The van der Waals surface area contributed by atoms with Crippen molar-refractivity contribution in [3.8, 4) is 0 Å². The first-order valence-electron chi connectivity index (χ1n) is 3.24. The third-order valence-electron chi connectivity index (χ3n) is 1.73. The molecule has 0 bridgehead atoms. The molecule has 1 aliphatic rings. The van der Waals surface area contributed by atoms with Crippen molar-refractivity contribution in [1.82, 2.24) is 4.90 Å². The number of carbonyl (C=O) groups excluding carboxylic acids is 1. The SMILES string of the molecule is N=C(N)C1CCCN1[C-]=O.[CH3-].[V+2]. The molecule has 1 radical (unpaired) electrons. The Bertz CT molecular complexity index is 163. The number of rotatable bonds is 2. The molecular formula is C7H13N3OV. The molecule has 1 amide bonds. The van der Waals surface area contributed by atoms with Crippen LogP contribution in [0.15, 0.2) is 0 Å². The quantitative estimate of drug-likeness (QED) is 0.376. The minimum Gasteiger partial charge on any atom is -0.520 e. The Morgan fingerprint density at radius 1 is 1.67 bits per heavy atom. The molecule has 0 aromatic rings. The largest absolute Gasteiger partial charge is 2.00 e. The van der Waals surface area contributed by atoms with E-state index in [1.165, 1.54) is 4.90 Å². The molecule has 1 aliphatic heterocycles. The van der Waals surface area contributed by atoms with Gasteiger partial charge in [0.1, 0.15) is 5.84 Å². The summed E-state index contributed by atoms with van der Waals surface area (Å²) in [6.45, 7) is 0.688. The minimum absolute atomic E-state index is 0. The Kier molecular flexibility index (Phi) is 7.14. The third kappa shape index (κ3) is 2.87. The molecule has 67 valence electrons. The minimum atomic E-state index is -0.183. The summed E-state index contributed by atoms with van der Waals surface area (Å²) in [5.41, 5.74) is 5.23. The van der Waals surface area contributed by atoms with Gasteiger partial charge in [0.25, 0.3) is 0 Å². The standard InChI is InChI=1S/C6H10N3O.CH3.V/c7-6(8)5-2-1-3-9(5)4-10;;/h5H,1-3H2,(H3,7,8);1H3;/q2*-1;+2. The molecule has 1 atom stereocenters. The monoisotopic (exact) mass is 206 g/mol. The van der Waals surface area contributed by atoms with E-state index in [9.17, 15) is 4.79 Å². The Hall–Kier alpha value is -0.476. The summed E-state index contributed by atoms with van der Waals surface area (Å²) in [5, 5.41) is 7.08. The summed E-state index contributed by atoms with van der Waals surface area (Å²) >= 11 is 0. The van der Waals surface area contributed by atoms with Crippen LogP contribution in [0.2, 0.25) is 0 Å². The summed E-state index contributed by atoms with van der Waals surface area (Å²) in [4.78, 5) is 11.6. The fraction of sp³-hybridized carbons (Fsp3) is 0.571. The van der Waals surface area contributed by atoms with Gasteiger partial charge in [-0.15, -0.1) is 0 Å². The van der Waals surface area contributed by atoms with Crippen molar-refractivity contribution in [3.05, 3.63) is 7.43 Å². The Morgan fingerprint density at radius 3 is 2.58 bits per heavy atom. The predicted molar refractivity (Wildman–Crippen MR) is 43.7 cm³/mol. The first kappa shape index (κ1) is 14.1. The summed E-state index contributed by atoms with van der Waals surface area (Å²) < 4.78 is 0. The summed E-state index contributed by atoms with van der Waals surface area (Å²) in [5.74, 6) is 0.0702. The van der Waals surface area contributed by atoms with Crippen molar-refractivity contribution in [2.75, 3.05) is 6.54 Å². The molecule has 4 nitrogen and oxygen atoms in total. The molecule has 0 aliphatic carbocycles. The maximum Gasteiger partial charge on any atom is 2.00 e. The molecule has 5 heteroatoms. The van der Waals surface area contributed by atoms with E-state index in [2.05, 4.69) is 0 Å². The maximum absolute atomic E-state index is 10.2. The zero-order valence-electron chi connectivity index (χ0n) is 7.08. The number of nitrogens with one attached hydrogen (secondary N) is 1. The van der Waals surface area contributed by atoms with E-state index < -0.39 is 0 Å². The van der Waals surface area contributed by atoms with Crippen LogP contribution in [0.5, 0.6) is 0 Å². The second-order valence-corrected chi connectivity index (χ2v) is 2.40. The maximum atomic E-state index is 10.2. The van der Waals surface area contributed by atoms with Crippen molar-refractivity contribution in [3.63, 3.8) is 0 Å². The van der Waals surface area contributed by atoms with E-state index in [0.717, 1.165) is 12.8 Å². The van der Waals surface area contributed by atoms with E-state index in [1.807, 2.05) is 0 Å². The molecule has 3 N–H and O–H groups in total. The molecule has 1 saturated heterocycles. The molecule has 0 saturated carbocycles. The van der Waals surface area contributed by atoms with Crippen LogP contribution in [0.3, 0.4) is 0 Å². The molecule has 0 aromatic carbocycles. The average Bonchev–Trinajstić information content (AvgIpc) is 2.33. The van der Waals surface area contributed by atoms with Gasteiger partial charge in [0, 0.05) is 0 Å². The second kappa shape index (κ2) is 6.09. The van der Waals surface area contributed by atoms with E-state index in [-0.39, 0.29) is 37.9 Å². The van der Waals surface area contributed by atoms with Crippen LogP contribution in [0.25, 0.3) is 0 Å². The van der Waals surface area contributed by atoms with E-state index in [0.29, 0.717) is 6.54 Å². The smallest absolute Gasteiger partial charge is 0.520 e. The number of hydrogen-bond donors (Lipinski definition) is 2. The number of nitrogens with two attached hydrogens (primary N) is 1. The second-order valence-electron chi connectivity index (χ2n) is 2.40. The molecule has 1 unspecified atom stereocenters. The van der Waals surface area contributed by atoms with Gasteiger partial charge in [-0.3, -0.25) is 5.41 Å². The van der Waals surface area contributed by atoms with Gasteiger partial charge < -0.3 is 22.9 Å². The van der Waals surface area contributed by atoms with Crippen LogP contribution >= 0.6 is 0 Å². The zero-order valence-corrected chi connectivity index (χ0v) is 8.48. The Labute approximate surface area is 84.9 Å². The molecule has 12 heavy (non-hydrogen) atoms. The Morgan fingerprint density at radius 2 is 2.25 bits per heavy atom. The summed E-state index contributed by atoms with van der Waals surface area (Å²) in [6.07, 6.45) is 3.50. The first-order chi connectivity index (χ1) is 4.75. The van der Waals surface area contributed by atoms with Crippen LogP contribution in [0, 0.1) is 12.8 Å². The van der Waals surface area contributed by atoms with Crippen LogP contribution in [-0.2, 0) is 23.4 Å². The van der Waals surface area contributed by atoms with Crippen LogP contribution in [0.4, 0.5) is 0 Å². The fourth-order valence-corrected chi connectivity index (χ4v) is 1.20. The summed E-state index contributed by atoms with van der Waals surface area (Å²) in [6, 6.07) is -0.183. The molecular weight excluding hydrogens is 193 g/mol. The van der Waals surface area contributed by atoms with Crippen molar-refractivity contribution in [2.45, 2.75) is 18.9 Å². The predicted octanol–water partition coefficient (Wildman–Crippen LogP) is -0.0982. The van der Waals surface area contributed by atoms with Gasteiger partial charge in [0.05, 0.1) is 6.04 Å². The zero-order chi connectivity index (χ0) is 7.56. The molecule has 1 rings (SSSR count). The van der Waals surface area contributed by atoms with Crippen LogP contribution < -0.4 is 5.73 Å². The Balaban J connectivity index is 0. The summed E-state index contributed by atoms with van der Waals surface area (Å²) in [7, 11) is 0. The normalized spacial score (nSPS) is 20.7. The number of amidine groups is 1. The van der Waals surface area contributed by atoms with Gasteiger partial charge in [-0.25, -0.2) is 0 Å². The van der Waals surface area contributed by atoms with Crippen molar-refractivity contribution >= 4 is 12.2 Å². The van der Waals surface area contributed by atoms with Crippen molar-refractivity contribution in [1.29, 1.82) is 5.41 Å². The molecule has 0 aromatic heterocycles. The van der Waals surface area contributed by atoms with Crippen molar-refractivity contribution in [2.24, 2.45) is 5.73 Å². The topological polar surface area (TPSA) is 70.2 Å². The van der Waals surface area contributed by atoms with Gasteiger partial charge >= 0.3 is 18.6 Å². The molecule has 1 heterocycles.